The topological polar surface area (TPSA) is 195 Å². The molecule has 6 rings (SSSR count). The summed E-state index contributed by atoms with van der Waals surface area (Å²) in [5.41, 5.74) is 1.66. The molecule has 0 bridgehead atoms. The number of aromatic amines is 1. The predicted octanol–water partition coefficient (Wildman–Crippen LogP) is 7.61. The molecule has 0 aliphatic carbocycles. The van der Waals surface area contributed by atoms with Gasteiger partial charge in [-0.1, -0.05) is 19.6 Å². The number of H-pyrrole nitrogens is 1. The SMILES string of the molecule is CC(=O)Nc1cc(-c2nc(Br)c(-c3nccn3COCC[Si](C)(C)C)s2)ccn1.CC(=O)Nc1cc(-c2nc(NC(C)=O)c(-c3ncc[nH]3)s2)ccn1. The molecule has 0 aromatic carbocycles. The Balaban J connectivity index is 0.000000208. The molecule has 0 radical (unpaired) electrons. The minimum absolute atomic E-state index is 0.160. The van der Waals surface area contributed by atoms with E-state index in [9.17, 15) is 14.4 Å². The van der Waals surface area contributed by atoms with Crippen molar-refractivity contribution in [3.63, 3.8) is 0 Å². The van der Waals surface area contributed by atoms with E-state index < -0.39 is 8.07 Å². The molecule has 276 valence electrons. The first-order chi connectivity index (χ1) is 25.3. The van der Waals surface area contributed by atoms with E-state index in [1.807, 2.05) is 22.9 Å². The highest BCUT2D eigenvalue weighted by molar-refractivity contribution is 9.10. The summed E-state index contributed by atoms with van der Waals surface area (Å²) in [7, 11) is -1.11. The van der Waals surface area contributed by atoms with Crippen molar-refractivity contribution in [1.29, 1.82) is 0 Å². The number of carbonyl (C=O) groups excluding carboxylic acids is 3. The zero-order valence-electron chi connectivity index (χ0n) is 29.9. The highest BCUT2D eigenvalue weighted by Gasteiger charge is 2.19. The van der Waals surface area contributed by atoms with Gasteiger partial charge in [0.2, 0.25) is 17.7 Å². The van der Waals surface area contributed by atoms with Crippen LogP contribution in [0, 0.1) is 0 Å². The first-order valence-electron chi connectivity index (χ1n) is 16.3. The summed E-state index contributed by atoms with van der Waals surface area (Å²) in [5, 5.41) is 9.54. The quantitative estimate of drug-likeness (QED) is 0.0704. The van der Waals surface area contributed by atoms with Gasteiger partial charge in [0, 0.05) is 83.8 Å². The Kier molecular flexibility index (Phi) is 13.1. The summed E-state index contributed by atoms with van der Waals surface area (Å²) in [6.07, 6.45) is 10.3. The molecule has 0 spiro atoms. The normalized spacial score (nSPS) is 11.1. The van der Waals surface area contributed by atoms with Gasteiger partial charge in [-0.05, 0) is 46.2 Å². The molecule has 3 amide bonds. The van der Waals surface area contributed by atoms with Crippen molar-refractivity contribution in [2.45, 2.75) is 53.2 Å². The number of hydrogen-bond donors (Lipinski definition) is 4. The number of imidazole rings is 2. The fraction of sp³-hybridized carbons (Fsp3) is 0.265. The second-order valence-electron chi connectivity index (χ2n) is 12.7. The van der Waals surface area contributed by atoms with Gasteiger partial charge in [0.15, 0.2) is 17.5 Å². The number of carbonyl (C=O) groups is 3. The average Bonchev–Trinajstić information content (AvgIpc) is 3.90. The van der Waals surface area contributed by atoms with Crippen LogP contribution in [0.25, 0.3) is 42.5 Å². The van der Waals surface area contributed by atoms with Crippen molar-refractivity contribution in [2.75, 3.05) is 22.6 Å². The minimum Gasteiger partial charge on any atom is -0.361 e. The van der Waals surface area contributed by atoms with Crippen LogP contribution in [0.3, 0.4) is 0 Å². The molecule has 6 aromatic rings. The van der Waals surface area contributed by atoms with Gasteiger partial charge >= 0.3 is 0 Å². The molecule has 0 saturated carbocycles. The minimum atomic E-state index is -1.11. The van der Waals surface area contributed by atoms with Gasteiger partial charge in [0.25, 0.3) is 0 Å². The molecule has 6 aromatic heterocycles. The van der Waals surface area contributed by atoms with Crippen LogP contribution in [-0.2, 0) is 25.9 Å². The van der Waals surface area contributed by atoms with Gasteiger partial charge in [-0.15, -0.1) is 22.7 Å². The lowest BCUT2D eigenvalue weighted by Gasteiger charge is -2.15. The highest BCUT2D eigenvalue weighted by Crippen LogP contribution is 2.39. The Bertz CT molecular complexity index is 2200. The van der Waals surface area contributed by atoms with Crippen molar-refractivity contribution in [2.24, 2.45) is 0 Å². The molecule has 0 unspecified atom stereocenters. The van der Waals surface area contributed by atoms with E-state index in [1.165, 1.54) is 43.4 Å². The summed E-state index contributed by atoms with van der Waals surface area (Å²) < 4.78 is 8.59. The first-order valence-corrected chi connectivity index (χ1v) is 22.4. The van der Waals surface area contributed by atoms with Gasteiger partial charge in [-0.3, -0.25) is 14.4 Å². The van der Waals surface area contributed by atoms with E-state index in [1.54, 1.807) is 43.1 Å². The zero-order valence-corrected chi connectivity index (χ0v) is 34.1. The van der Waals surface area contributed by atoms with E-state index in [4.69, 9.17) is 4.74 Å². The van der Waals surface area contributed by atoms with Crippen LogP contribution in [0.5, 0.6) is 0 Å². The third-order valence-electron chi connectivity index (χ3n) is 6.99. The van der Waals surface area contributed by atoms with Crippen LogP contribution in [0.15, 0.2) is 66.0 Å². The molecule has 0 fully saturated rings. The van der Waals surface area contributed by atoms with Crippen molar-refractivity contribution < 1.29 is 19.1 Å². The van der Waals surface area contributed by atoms with Gasteiger partial charge in [-0.2, -0.15) is 0 Å². The molecule has 0 aliphatic heterocycles. The lowest BCUT2D eigenvalue weighted by molar-refractivity contribution is -0.115. The third-order valence-corrected chi connectivity index (χ3v) is 11.7. The maximum absolute atomic E-state index is 11.4. The highest BCUT2D eigenvalue weighted by atomic mass is 79.9. The van der Waals surface area contributed by atoms with Crippen LogP contribution < -0.4 is 16.0 Å². The summed E-state index contributed by atoms with van der Waals surface area (Å²) >= 11 is 6.47. The molecule has 53 heavy (non-hydrogen) atoms. The number of anilines is 3. The maximum atomic E-state index is 11.4. The molecule has 6 heterocycles. The monoisotopic (exact) mass is 835 g/mol. The number of ether oxygens (including phenoxy) is 1. The van der Waals surface area contributed by atoms with Gasteiger partial charge in [-0.25, -0.2) is 29.9 Å². The fourth-order valence-electron chi connectivity index (χ4n) is 4.60. The average molecular weight is 837 g/mol. The molecule has 0 saturated heterocycles. The largest absolute Gasteiger partial charge is 0.361 e. The molecule has 4 N–H and O–H groups in total. The van der Waals surface area contributed by atoms with Crippen molar-refractivity contribution in [3.05, 3.63) is 66.0 Å². The Labute approximate surface area is 323 Å². The van der Waals surface area contributed by atoms with Gasteiger partial charge < -0.3 is 30.2 Å². The van der Waals surface area contributed by atoms with E-state index in [-0.39, 0.29) is 17.7 Å². The van der Waals surface area contributed by atoms with Crippen LogP contribution in [0.2, 0.25) is 25.7 Å². The summed E-state index contributed by atoms with van der Waals surface area (Å²) in [5.74, 6) is 2.24. The Morgan fingerprint density at radius 3 is 1.98 bits per heavy atom. The number of thiazole rings is 2. The van der Waals surface area contributed by atoms with Crippen LogP contribution in [-0.4, -0.2) is 71.9 Å². The van der Waals surface area contributed by atoms with Crippen molar-refractivity contribution in [1.82, 2.24) is 39.5 Å². The zero-order chi connectivity index (χ0) is 38.1. The molecule has 0 atom stereocenters. The molecule has 19 heteroatoms. The van der Waals surface area contributed by atoms with Gasteiger partial charge in [0.1, 0.15) is 42.7 Å². The van der Waals surface area contributed by atoms with Crippen LogP contribution in [0.1, 0.15) is 20.8 Å². The Morgan fingerprint density at radius 2 is 1.42 bits per heavy atom. The fourth-order valence-corrected chi connectivity index (χ4v) is 8.01. The number of pyridine rings is 2. The van der Waals surface area contributed by atoms with E-state index in [0.29, 0.717) is 35.0 Å². The van der Waals surface area contributed by atoms with Crippen molar-refractivity contribution in [3.8, 4) is 42.5 Å². The number of amides is 3. The standard InChI is InChI=1S/C19H24BrN5O2SSi.C15H14N6O2S/c1-13(26)23-15-11-14(5-6-21-15)19-24-17(20)16(28-19)18-22-7-8-25(18)12-27-9-10-29(2,3)4;1-8(22)19-11-7-10(3-4-16-11)15-21-14(20-9(2)23)12(24-15)13-17-5-6-18-13/h5-8,11H,9-10,12H2,1-4H3,(H,21,23,26);3-7H,1-2H3,(H,17,18)(H,20,23)(H,16,19,22). The lowest BCUT2D eigenvalue weighted by Crippen LogP contribution is -2.22. The van der Waals surface area contributed by atoms with Crippen molar-refractivity contribution >= 4 is 81.9 Å². The first kappa shape index (κ1) is 39.3. The second kappa shape index (κ2) is 17.7. The second-order valence-corrected chi connectivity index (χ2v) is 21.1. The van der Waals surface area contributed by atoms with Crippen LogP contribution >= 0.6 is 38.6 Å². The molecule has 0 aliphatic rings. The van der Waals surface area contributed by atoms with E-state index >= 15 is 0 Å². The number of nitrogens with zero attached hydrogens (tertiary/aromatic N) is 7. The number of hydrogen-bond acceptors (Lipinski definition) is 12. The summed E-state index contributed by atoms with van der Waals surface area (Å²) in [6, 6.07) is 8.32. The Morgan fingerprint density at radius 1 is 0.811 bits per heavy atom. The maximum Gasteiger partial charge on any atom is 0.222 e. The third kappa shape index (κ3) is 11.3. The summed E-state index contributed by atoms with van der Waals surface area (Å²) in [6.45, 7) is 12.5. The van der Waals surface area contributed by atoms with E-state index in [0.717, 1.165) is 49.0 Å². The Hall–Kier alpha value is -4.95. The van der Waals surface area contributed by atoms with E-state index in [2.05, 4.69) is 86.4 Å². The molecular weight excluding hydrogens is 799 g/mol. The smallest absolute Gasteiger partial charge is 0.222 e. The summed E-state index contributed by atoms with van der Waals surface area (Å²) in [4.78, 5) is 64.6. The number of aromatic nitrogens is 8. The number of rotatable bonds is 12. The lowest BCUT2D eigenvalue weighted by atomic mass is 10.2. The number of nitrogens with one attached hydrogen (secondary N) is 4. The predicted molar refractivity (Wildman–Crippen MR) is 214 cm³/mol. The number of halogens is 1. The molecular formula is C34H38BrN11O4S2Si. The van der Waals surface area contributed by atoms with Gasteiger partial charge in [0.05, 0.1) is 0 Å². The van der Waals surface area contributed by atoms with Crippen LogP contribution in [0.4, 0.5) is 17.5 Å². The molecule has 15 nitrogen and oxygen atoms in total.